The lowest BCUT2D eigenvalue weighted by Gasteiger charge is -2.33. The molecule has 3 aromatic heterocycles. The Morgan fingerprint density at radius 2 is 1.58 bits per heavy atom. The van der Waals surface area contributed by atoms with Crippen molar-refractivity contribution in [2.24, 2.45) is 5.92 Å². The lowest BCUT2D eigenvalue weighted by molar-refractivity contribution is 0.423. The normalized spacial score (nSPS) is 18.5. The van der Waals surface area contributed by atoms with E-state index in [0.717, 1.165) is 79.5 Å². The fraction of sp³-hybridized carbons (Fsp3) is 0.522. The van der Waals surface area contributed by atoms with Crippen LogP contribution in [-0.4, -0.2) is 51.3 Å². The molecular formula is C23H29N7O. The van der Waals surface area contributed by atoms with Crippen LogP contribution in [0.2, 0.25) is 0 Å². The first kappa shape index (κ1) is 19.9. The van der Waals surface area contributed by atoms with Crippen LogP contribution >= 0.6 is 0 Å². The Morgan fingerprint density at radius 1 is 0.903 bits per heavy atom. The van der Waals surface area contributed by atoms with E-state index < -0.39 is 0 Å². The van der Waals surface area contributed by atoms with Gasteiger partial charge in [-0.1, -0.05) is 12.1 Å². The molecule has 0 atom stereocenters. The largest absolute Gasteiger partial charge is 0.356 e. The van der Waals surface area contributed by atoms with Crippen molar-refractivity contribution in [2.45, 2.75) is 45.4 Å². The molecule has 5 heterocycles. The summed E-state index contributed by atoms with van der Waals surface area (Å²) in [5, 5.41) is 4.09. The molecule has 8 nitrogen and oxygen atoms in total. The highest BCUT2D eigenvalue weighted by atomic mass is 16.5. The first-order chi connectivity index (χ1) is 15.2. The lowest BCUT2D eigenvalue weighted by Crippen LogP contribution is -2.36. The van der Waals surface area contributed by atoms with Crippen LogP contribution in [-0.2, 0) is 0 Å². The van der Waals surface area contributed by atoms with Gasteiger partial charge in [0.1, 0.15) is 0 Å². The van der Waals surface area contributed by atoms with E-state index in [4.69, 9.17) is 14.5 Å². The Kier molecular flexibility index (Phi) is 5.53. The summed E-state index contributed by atoms with van der Waals surface area (Å²) in [5.74, 6) is 3.51. The zero-order chi connectivity index (χ0) is 21.2. The third-order valence-corrected chi connectivity index (χ3v) is 6.48. The number of hydrogen-bond donors (Lipinski definition) is 0. The summed E-state index contributed by atoms with van der Waals surface area (Å²) in [5.41, 5.74) is 2.91. The maximum Gasteiger partial charge on any atom is 0.225 e. The standard InChI is InChI=1S/C23H29N7O/c1-16-4-10-30(11-5-16)23-26-15-19(20-14-17(2)28-31-20)21(27-23)18-6-12-29(13-7-18)22-24-8-3-9-25-22/h3,8-9,14-16,18H,4-7,10-13H2,1-2H3. The van der Waals surface area contributed by atoms with Crippen molar-refractivity contribution in [1.29, 1.82) is 0 Å². The second-order valence-corrected chi connectivity index (χ2v) is 8.78. The first-order valence-electron chi connectivity index (χ1n) is 11.2. The van der Waals surface area contributed by atoms with E-state index in [1.165, 1.54) is 12.8 Å². The second-order valence-electron chi connectivity index (χ2n) is 8.78. The fourth-order valence-corrected chi connectivity index (χ4v) is 4.55. The minimum atomic E-state index is 0.339. The van der Waals surface area contributed by atoms with Crippen LogP contribution < -0.4 is 9.80 Å². The molecule has 2 saturated heterocycles. The molecule has 0 spiro atoms. The van der Waals surface area contributed by atoms with E-state index in [1.807, 2.05) is 25.3 Å². The summed E-state index contributed by atoms with van der Waals surface area (Å²) in [6.07, 6.45) is 9.90. The van der Waals surface area contributed by atoms with Crippen LogP contribution in [0.15, 0.2) is 35.2 Å². The van der Waals surface area contributed by atoms with Crippen molar-refractivity contribution in [1.82, 2.24) is 25.1 Å². The van der Waals surface area contributed by atoms with E-state index in [0.29, 0.717) is 5.92 Å². The molecule has 3 aromatic rings. The summed E-state index contributed by atoms with van der Waals surface area (Å²) >= 11 is 0. The molecule has 31 heavy (non-hydrogen) atoms. The van der Waals surface area contributed by atoms with Gasteiger partial charge in [-0.3, -0.25) is 0 Å². The molecule has 2 aliphatic heterocycles. The number of piperidine rings is 2. The highest BCUT2D eigenvalue weighted by Gasteiger charge is 2.28. The molecule has 0 bridgehead atoms. The van der Waals surface area contributed by atoms with Crippen LogP contribution in [0.25, 0.3) is 11.3 Å². The van der Waals surface area contributed by atoms with Gasteiger partial charge in [0.2, 0.25) is 11.9 Å². The fourth-order valence-electron chi connectivity index (χ4n) is 4.55. The van der Waals surface area contributed by atoms with Gasteiger partial charge < -0.3 is 14.3 Å². The highest BCUT2D eigenvalue weighted by molar-refractivity contribution is 5.61. The highest BCUT2D eigenvalue weighted by Crippen LogP contribution is 2.36. The summed E-state index contributed by atoms with van der Waals surface area (Å²) in [6, 6.07) is 3.82. The Bertz CT molecular complexity index is 1010. The maximum absolute atomic E-state index is 5.60. The number of nitrogens with zero attached hydrogens (tertiary/aromatic N) is 7. The molecule has 0 amide bonds. The van der Waals surface area contributed by atoms with Crippen LogP contribution in [0.5, 0.6) is 0 Å². The van der Waals surface area contributed by atoms with Crippen LogP contribution in [0, 0.1) is 12.8 Å². The van der Waals surface area contributed by atoms with E-state index in [1.54, 1.807) is 12.4 Å². The van der Waals surface area contributed by atoms with Gasteiger partial charge in [-0.2, -0.15) is 0 Å². The summed E-state index contributed by atoms with van der Waals surface area (Å²) in [7, 11) is 0. The maximum atomic E-state index is 5.60. The first-order valence-corrected chi connectivity index (χ1v) is 11.2. The zero-order valence-corrected chi connectivity index (χ0v) is 18.2. The molecule has 0 aliphatic carbocycles. The number of rotatable bonds is 4. The zero-order valence-electron chi connectivity index (χ0n) is 18.2. The van der Waals surface area contributed by atoms with Crippen molar-refractivity contribution in [3.63, 3.8) is 0 Å². The third kappa shape index (κ3) is 4.24. The number of anilines is 2. The monoisotopic (exact) mass is 419 g/mol. The van der Waals surface area contributed by atoms with Crippen LogP contribution in [0.3, 0.4) is 0 Å². The van der Waals surface area contributed by atoms with E-state index in [9.17, 15) is 0 Å². The molecule has 8 heteroatoms. The molecule has 5 rings (SSSR count). The van der Waals surface area contributed by atoms with Crippen molar-refractivity contribution in [3.8, 4) is 11.3 Å². The quantitative estimate of drug-likeness (QED) is 0.630. The van der Waals surface area contributed by atoms with Gasteiger partial charge in [-0.25, -0.2) is 19.9 Å². The average Bonchev–Trinajstić information content (AvgIpc) is 3.26. The van der Waals surface area contributed by atoms with Gasteiger partial charge in [0.25, 0.3) is 0 Å². The molecule has 2 aliphatic rings. The van der Waals surface area contributed by atoms with Gasteiger partial charge in [-0.05, 0) is 44.6 Å². The number of aryl methyl sites for hydroxylation is 1. The second kappa shape index (κ2) is 8.61. The lowest BCUT2D eigenvalue weighted by atomic mass is 9.90. The Balaban J connectivity index is 1.42. The number of hydrogen-bond acceptors (Lipinski definition) is 8. The topological polar surface area (TPSA) is 84.1 Å². The Hall–Kier alpha value is -3.03. The molecule has 0 N–H and O–H groups in total. The van der Waals surface area contributed by atoms with Crippen molar-refractivity contribution < 1.29 is 4.52 Å². The van der Waals surface area contributed by atoms with Gasteiger partial charge in [0, 0.05) is 56.8 Å². The van der Waals surface area contributed by atoms with Gasteiger partial charge in [0.05, 0.1) is 17.0 Å². The Labute approximate surface area is 182 Å². The smallest absolute Gasteiger partial charge is 0.225 e. The number of aromatic nitrogens is 5. The van der Waals surface area contributed by atoms with Crippen LogP contribution in [0.4, 0.5) is 11.9 Å². The van der Waals surface area contributed by atoms with E-state index in [2.05, 4.69) is 31.8 Å². The van der Waals surface area contributed by atoms with E-state index >= 15 is 0 Å². The predicted octanol–water partition coefficient (Wildman–Crippen LogP) is 3.85. The molecule has 0 radical (unpaired) electrons. The molecule has 2 fully saturated rings. The van der Waals surface area contributed by atoms with Crippen LogP contribution in [0.1, 0.15) is 49.9 Å². The molecule has 0 aromatic carbocycles. The van der Waals surface area contributed by atoms with E-state index in [-0.39, 0.29) is 0 Å². The van der Waals surface area contributed by atoms with Crippen molar-refractivity contribution >= 4 is 11.9 Å². The average molecular weight is 420 g/mol. The molecular weight excluding hydrogens is 390 g/mol. The molecule has 0 unspecified atom stereocenters. The minimum absolute atomic E-state index is 0.339. The van der Waals surface area contributed by atoms with Gasteiger partial charge in [0.15, 0.2) is 5.76 Å². The summed E-state index contributed by atoms with van der Waals surface area (Å²) < 4.78 is 5.60. The predicted molar refractivity (Wildman–Crippen MR) is 119 cm³/mol. The summed E-state index contributed by atoms with van der Waals surface area (Å²) in [6.45, 7) is 8.11. The molecule has 162 valence electrons. The van der Waals surface area contributed by atoms with Gasteiger partial charge in [-0.15, -0.1) is 0 Å². The SMILES string of the molecule is Cc1cc(-c2cnc(N3CCC(C)CC3)nc2C2CCN(c3ncccn3)CC2)on1. The molecule has 0 saturated carbocycles. The van der Waals surface area contributed by atoms with Crippen molar-refractivity contribution in [3.05, 3.63) is 42.1 Å². The van der Waals surface area contributed by atoms with Crippen molar-refractivity contribution in [2.75, 3.05) is 36.0 Å². The third-order valence-electron chi connectivity index (χ3n) is 6.48. The summed E-state index contributed by atoms with van der Waals surface area (Å²) in [4.78, 5) is 23.2. The van der Waals surface area contributed by atoms with Gasteiger partial charge >= 0.3 is 0 Å². The Morgan fingerprint density at radius 3 is 2.26 bits per heavy atom. The minimum Gasteiger partial charge on any atom is -0.356 e.